The molecule has 26 heavy (non-hydrogen) atoms. The van der Waals surface area contributed by atoms with Gasteiger partial charge in [-0.2, -0.15) is 0 Å². The van der Waals surface area contributed by atoms with Crippen LogP contribution in [0.5, 0.6) is 0 Å². The largest absolute Gasteiger partial charge is 0.368 e. The van der Waals surface area contributed by atoms with Crippen molar-refractivity contribution in [1.82, 2.24) is 15.1 Å². The first kappa shape index (κ1) is 19.6. The molecule has 148 valence electrons. The van der Waals surface area contributed by atoms with Gasteiger partial charge in [-0.15, -0.1) is 0 Å². The first-order valence-electron chi connectivity index (χ1n) is 10.4. The van der Waals surface area contributed by atoms with E-state index in [1.54, 1.807) is 0 Å². The third-order valence-corrected chi connectivity index (χ3v) is 6.79. The van der Waals surface area contributed by atoms with Crippen LogP contribution >= 0.6 is 0 Å². The maximum absolute atomic E-state index is 12.7. The normalized spacial score (nSPS) is 34.5. The van der Waals surface area contributed by atoms with Gasteiger partial charge in [-0.1, -0.05) is 26.7 Å². The van der Waals surface area contributed by atoms with E-state index in [1.807, 2.05) is 11.8 Å². The summed E-state index contributed by atoms with van der Waals surface area (Å²) in [5.74, 6) is 1.48. The zero-order valence-electron chi connectivity index (χ0n) is 16.6. The Kier molecular flexibility index (Phi) is 6.56. The first-order valence-corrected chi connectivity index (χ1v) is 10.4. The Labute approximate surface area is 157 Å². The van der Waals surface area contributed by atoms with E-state index in [-0.39, 0.29) is 24.0 Å². The van der Waals surface area contributed by atoms with Crippen molar-refractivity contribution >= 4 is 11.8 Å². The summed E-state index contributed by atoms with van der Waals surface area (Å²) >= 11 is 0. The molecule has 0 aromatic rings. The average Bonchev–Trinajstić information content (AvgIpc) is 3.19. The van der Waals surface area contributed by atoms with Crippen molar-refractivity contribution in [2.75, 3.05) is 32.8 Å². The molecule has 3 fully saturated rings. The predicted molar refractivity (Wildman–Crippen MR) is 101 cm³/mol. The van der Waals surface area contributed by atoms with Crippen molar-refractivity contribution < 1.29 is 14.3 Å². The zero-order chi connectivity index (χ0) is 18.7. The van der Waals surface area contributed by atoms with E-state index in [0.29, 0.717) is 37.6 Å². The number of rotatable bonds is 4. The number of nitrogens with zero attached hydrogens (tertiary/aromatic N) is 2. The highest BCUT2D eigenvalue weighted by molar-refractivity contribution is 5.82. The zero-order valence-corrected chi connectivity index (χ0v) is 16.6. The second-order valence-corrected chi connectivity index (χ2v) is 8.42. The predicted octanol–water partition coefficient (Wildman–Crippen LogP) is 1.64. The Morgan fingerprint density at radius 2 is 1.77 bits per heavy atom. The van der Waals surface area contributed by atoms with E-state index in [1.165, 1.54) is 12.8 Å². The molecule has 1 aliphatic carbocycles. The molecule has 3 rings (SSSR count). The van der Waals surface area contributed by atoms with Crippen molar-refractivity contribution in [3.63, 3.8) is 0 Å². The molecule has 3 aliphatic rings. The molecule has 6 heteroatoms. The highest BCUT2D eigenvalue weighted by Gasteiger charge is 2.34. The van der Waals surface area contributed by atoms with E-state index in [2.05, 4.69) is 24.1 Å². The van der Waals surface area contributed by atoms with E-state index in [9.17, 15) is 9.59 Å². The summed E-state index contributed by atoms with van der Waals surface area (Å²) in [4.78, 5) is 29.3. The van der Waals surface area contributed by atoms with Gasteiger partial charge < -0.3 is 15.0 Å². The van der Waals surface area contributed by atoms with Crippen LogP contribution in [0.1, 0.15) is 52.9 Å². The summed E-state index contributed by atoms with van der Waals surface area (Å²) in [5, 5.41) is 3.29. The summed E-state index contributed by atoms with van der Waals surface area (Å²) in [6.45, 7) is 10.1. The SMILES string of the molecule is CC1CCCC(NC(=O)C(C)N2CCN(C(=O)C3CCCO3)CC2)C1C. The van der Waals surface area contributed by atoms with Crippen LogP contribution in [0.25, 0.3) is 0 Å². The minimum Gasteiger partial charge on any atom is -0.368 e. The van der Waals surface area contributed by atoms with Crippen LogP contribution in [-0.4, -0.2) is 72.6 Å². The Balaban J connectivity index is 1.46. The molecule has 1 N–H and O–H groups in total. The number of hydrogen-bond acceptors (Lipinski definition) is 4. The van der Waals surface area contributed by atoms with E-state index in [0.717, 1.165) is 32.4 Å². The van der Waals surface area contributed by atoms with Gasteiger partial charge in [0, 0.05) is 38.8 Å². The lowest BCUT2D eigenvalue weighted by Crippen LogP contribution is -2.57. The molecule has 2 amide bonds. The van der Waals surface area contributed by atoms with Gasteiger partial charge in [-0.3, -0.25) is 14.5 Å². The number of carbonyl (C=O) groups is 2. The second-order valence-electron chi connectivity index (χ2n) is 8.42. The molecule has 0 aromatic carbocycles. The van der Waals surface area contributed by atoms with Crippen molar-refractivity contribution in [3.05, 3.63) is 0 Å². The average molecular weight is 366 g/mol. The Bertz CT molecular complexity index is 499. The lowest BCUT2D eigenvalue weighted by Gasteiger charge is -2.40. The van der Waals surface area contributed by atoms with E-state index >= 15 is 0 Å². The first-order chi connectivity index (χ1) is 12.5. The fourth-order valence-electron chi connectivity index (χ4n) is 4.56. The molecular formula is C20H35N3O3. The molecule has 5 unspecified atom stereocenters. The van der Waals surface area contributed by atoms with Gasteiger partial charge in [0.05, 0.1) is 6.04 Å². The van der Waals surface area contributed by atoms with Gasteiger partial charge in [0.15, 0.2) is 0 Å². The minimum absolute atomic E-state index is 0.129. The highest BCUT2D eigenvalue weighted by Crippen LogP contribution is 2.29. The minimum atomic E-state index is -0.239. The molecule has 0 aromatic heterocycles. The van der Waals surface area contributed by atoms with Crippen LogP contribution in [0, 0.1) is 11.8 Å². The van der Waals surface area contributed by atoms with Gasteiger partial charge in [-0.25, -0.2) is 0 Å². The number of carbonyl (C=O) groups excluding carboxylic acids is 2. The third kappa shape index (κ3) is 4.39. The molecule has 2 saturated heterocycles. The quantitative estimate of drug-likeness (QED) is 0.823. The van der Waals surface area contributed by atoms with E-state index < -0.39 is 0 Å². The van der Waals surface area contributed by atoms with Crippen molar-refractivity contribution in [2.24, 2.45) is 11.8 Å². The Morgan fingerprint density at radius 1 is 1.04 bits per heavy atom. The van der Waals surface area contributed by atoms with Gasteiger partial charge in [0.2, 0.25) is 5.91 Å². The summed E-state index contributed by atoms with van der Waals surface area (Å²) in [6, 6.07) is 0.162. The molecule has 2 aliphatic heterocycles. The maximum Gasteiger partial charge on any atom is 0.251 e. The smallest absolute Gasteiger partial charge is 0.251 e. The van der Waals surface area contributed by atoms with Crippen LogP contribution in [0.15, 0.2) is 0 Å². The topological polar surface area (TPSA) is 61.9 Å². The van der Waals surface area contributed by atoms with E-state index in [4.69, 9.17) is 4.74 Å². The van der Waals surface area contributed by atoms with Crippen LogP contribution < -0.4 is 5.32 Å². The maximum atomic E-state index is 12.7. The summed E-state index contributed by atoms with van der Waals surface area (Å²) in [6.07, 6.45) is 5.14. The molecule has 2 heterocycles. The van der Waals surface area contributed by atoms with Crippen LogP contribution in [-0.2, 0) is 14.3 Å². The Hall–Kier alpha value is -1.14. The number of amides is 2. The molecule has 1 saturated carbocycles. The Morgan fingerprint density at radius 3 is 2.42 bits per heavy atom. The standard InChI is InChI=1S/C20H35N3O3/c1-14-6-4-7-17(15(14)2)21-19(24)16(3)22-9-11-23(12-10-22)20(25)18-8-5-13-26-18/h14-18H,4-13H2,1-3H3,(H,21,24). The number of ether oxygens (including phenoxy) is 1. The van der Waals surface area contributed by atoms with Crippen LogP contribution in [0.4, 0.5) is 0 Å². The van der Waals surface area contributed by atoms with Crippen LogP contribution in [0.2, 0.25) is 0 Å². The fraction of sp³-hybridized carbons (Fsp3) is 0.900. The molecule has 5 atom stereocenters. The summed E-state index contributed by atoms with van der Waals surface area (Å²) in [5.41, 5.74) is 0. The molecule has 0 radical (unpaired) electrons. The third-order valence-electron chi connectivity index (χ3n) is 6.79. The van der Waals surface area contributed by atoms with Crippen LogP contribution in [0.3, 0.4) is 0 Å². The molecule has 0 spiro atoms. The lowest BCUT2D eigenvalue weighted by molar-refractivity contribution is -0.143. The van der Waals surface area contributed by atoms with Gasteiger partial charge in [0.25, 0.3) is 5.91 Å². The molecule has 0 bridgehead atoms. The van der Waals surface area contributed by atoms with Gasteiger partial charge >= 0.3 is 0 Å². The van der Waals surface area contributed by atoms with Gasteiger partial charge in [-0.05, 0) is 38.0 Å². The fourth-order valence-corrected chi connectivity index (χ4v) is 4.56. The summed E-state index contributed by atoms with van der Waals surface area (Å²) < 4.78 is 5.51. The van der Waals surface area contributed by atoms with Crippen molar-refractivity contribution in [3.8, 4) is 0 Å². The second kappa shape index (κ2) is 8.70. The molecule has 6 nitrogen and oxygen atoms in total. The van der Waals surface area contributed by atoms with Crippen molar-refractivity contribution in [2.45, 2.75) is 71.1 Å². The highest BCUT2D eigenvalue weighted by atomic mass is 16.5. The summed E-state index contributed by atoms with van der Waals surface area (Å²) in [7, 11) is 0. The number of piperazine rings is 1. The monoisotopic (exact) mass is 365 g/mol. The molecular weight excluding hydrogens is 330 g/mol. The lowest BCUT2D eigenvalue weighted by atomic mass is 9.78. The number of nitrogens with one attached hydrogen (secondary N) is 1. The van der Waals surface area contributed by atoms with Crippen molar-refractivity contribution in [1.29, 1.82) is 0 Å². The number of hydrogen-bond donors (Lipinski definition) is 1. The van der Waals surface area contributed by atoms with Gasteiger partial charge in [0.1, 0.15) is 6.10 Å².